The summed E-state index contributed by atoms with van der Waals surface area (Å²) in [5.41, 5.74) is 1.25. The molecule has 31 heavy (non-hydrogen) atoms. The number of fused-ring (bicyclic) bond motifs is 1. The minimum Gasteiger partial charge on any atom is -0.493 e. The number of nitriles is 1. The van der Waals surface area contributed by atoms with E-state index in [0.29, 0.717) is 52.6 Å². The molecule has 0 aliphatic carbocycles. The number of aromatic amines is 1. The highest BCUT2D eigenvalue weighted by Crippen LogP contribution is 2.29. The van der Waals surface area contributed by atoms with Gasteiger partial charge in [0.1, 0.15) is 6.54 Å². The van der Waals surface area contributed by atoms with Gasteiger partial charge in [-0.15, -0.1) is 0 Å². The van der Waals surface area contributed by atoms with Crippen molar-refractivity contribution < 1.29 is 19.2 Å². The highest BCUT2D eigenvalue weighted by molar-refractivity contribution is 5.91. The maximum absolute atomic E-state index is 12.6. The lowest BCUT2D eigenvalue weighted by molar-refractivity contribution is -0.904. The number of quaternary nitrogens is 1. The van der Waals surface area contributed by atoms with E-state index in [0.717, 1.165) is 4.90 Å². The summed E-state index contributed by atoms with van der Waals surface area (Å²) < 4.78 is 10.5. The van der Waals surface area contributed by atoms with Gasteiger partial charge < -0.3 is 24.7 Å². The highest BCUT2D eigenvalue weighted by Gasteiger charge is 2.17. The van der Waals surface area contributed by atoms with E-state index in [2.05, 4.69) is 15.3 Å². The van der Waals surface area contributed by atoms with Gasteiger partial charge >= 0.3 is 0 Å². The number of aromatic nitrogens is 2. The van der Waals surface area contributed by atoms with Crippen molar-refractivity contribution in [1.29, 1.82) is 5.26 Å². The molecule has 1 unspecified atom stereocenters. The molecule has 3 N–H and O–H groups in total. The van der Waals surface area contributed by atoms with E-state index in [1.165, 1.54) is 14.2 Å². The number of carbonyl (C=O) groups excluding carboxylic acids is 1. The van der Waals surface area contributed by atoms with Gasteiger partial charge in [-0.3, -0.25) is 9.59 Å². The zero-order chi connectivity index (χ0) is 22.4. The van der Waals surface area contributed by atoms with E-state index in [1.54, 1.807) is 36.4 Å². The predicted molar refractivity (Wildman–Crippen MR) is 115 cm³/mol. The Balaban J connectivity index is 1.77. The molecule has 1 aromatic heterocycles. The third-order valence-electron chi connectivity index (χ3n) is 4.86. The lowest BCUT2D eigenvalue weighted by Gasteiger charge is -2.17. The minimum absolute atomic E-state index is 0.182. The van der Waals surface area contributed by atoms with Crippen molar-refractivity contribution in [1.82, 2.24) is 9.97 Å². The number of H-pyrrole nitrogens is 1. The van der Waals surface area contributed by atoms with E-state index in [9.17, 15) is 9.59 Å². The summed E-state index contributed by atoms with van der Waals surface area (Å²) >= 11 is 0. The molecule has 0 aliphatic rings. The fraction of sp³-hybridized carbons (Fsp3) is 0.273. The average molecular weight is 422 g/mol. The van der Waals surface area contributed by atoms with Crippen LogP contribution in [-0.2, 0) is 11.3 Å². The monoisotopic (exact) mass is 422 g/mol. The lowest BCUT2D eigenvalue weighted by Crippen LogP contribution is -3.11. The molecule has 0 saturated carbocycles. The molecule has 3 aromatic rings. The van der Waals surface area contributed by atoms with Crippen molar-refractivity contribution in [3.05, 3.63) is 58.1 Å². The Morgan fingerprint density at radius 3 is 2.65 bits per heavy atom. The molecule has 0 bridgehead atoms. The Morgan fingerprint density at radius 2 is 1.97 bits per heavy atom. The number of methoxy groups -OCH3 is 2. The van der Waals surface area contributed by atoms with Crippen LogP contribution < -0.4 is 25.2 Å². The predicted octanol–water partition coefficient (Wildman–Crippen LogP) is 0.855. The topological polar surface area (TPSA) is 122 Å². The number of amides is 1. The normalized spacial score (nSPS) is 11.5. The van der Waals surface area contributed by atoms with Crippen LogP contribution in [0, 0.1) is 11.3 Å². The molecule has 1 heterocycles. The Kier molecular flexibility index (Phi) is 6.85. The SMILES string of the molecule is CC[NH+](CC(=O)Nc1cccc(C#N)c1)Cc1nc2cc(OC)c(OC)cc2c(=O)[nH]1. The molecule has 0 saturated heterocycles. The van der Waals surface area contributed by atoms with Crippen LogP contribution in [0.4, 0.5) is 5.69 Å². The molecule has 3 rings (SSSR count). The number of nitrogens with one attached hydrogen (secondary N) is 3. The molecule has 0 radical (unpaired) electrons. The molecule has 2 aromatic carbocycles. The number of ether oxygens (including phenoxy) is 2. The van der Waals surface area contributed by atoms with Gasteiger partial charge in [0, 0.05) is 11.8 Å². The first kappa shape index (κ1) is 21.8. The second-order valence-corrected chi connectivity index (χ2v) is 6.93. The molecule has 0 aliphatic heterocycles. The van der Waals surface area contributed by atoms with Gasteiger partial charge in [-0.1, -0.05) is 6.07 Å². The van der Waals surface area contributed by atoms with E-state index in [4.69, 9.17) is 14.7 Å². The summed E-state index contributed by atoms with van der Waals surface area (Å²) in [4.78, 5) is 33.3. The Labute approximate surface area is 179 Å². The van der Waals surface area contributed by atoms with Crippen molar-refractivity contribution in [2.45, 2.75) is 13.5 Å². The highest BCUT2D eigenvalue weighted by atomic mass is 16.5. The number of hydrogen-bond donors (Lipinski definition) is 3. The first-order valence-electron chi connectivity index (χ1n) is 9.75. The van der Waals surface area contributed by atoms with Crippen LogP contribution in [0.25, 0.3) is 10.9 Å². The summed E-state index contributed by atoms with van der Waals surface area (Å²) in [7, 11) is 3.02. The molecule has 1 amide bonds. The molecule has 1 atom stereocenters. The van der Waals surface area contributed by atoms with Crippen LogP contribution >= 0.6 is 0 Å². The van der Waals surface area contributed by atoms with Gasteiger partial charge in [0.05, 0.1) is 43.3 Å². The standard InChI is InChI=1S/C22H23N5O4/c1-4-27(13-21(28)24-15-7-5-6-14(8-15)11-23)12-20-25-17-10-19(31-3)18(30-2)9-16(17)22(29)26-20/h5-10H,4,12-13H2,1-3H3,(H,24,28)(H,25,26,29)/p+1. The fourth-order valence-electron chi connectivity index (χ4n) is 3.25. The number of nitrogens with zero attached hydrogens (tertiary/aromatic N) is 2. The van der Waals surface area contributed by atoms with Crippen molar-refractivity contribution in [3.63, 3.8) is 0 Å². The average Bonchev–Trinajstić information content (AvgIpc) is 2.77. The summed E-state index contributed by atoms with van der Waals surface area (Å²) in [6, 6.07) is 12.0. The third kappa shape index (κ3) is 5.18. The molecule has 9 nitrogen and oxygen atoms in total. The number of hydrogen-bond acceptors (Lipinski definition) is 6. The number of anilines is 1. The molecule has 0 spiro atoms. The largest absolute Gasteiger partial charge is 0.493 e. The molecular formula is C22H24N5O4+. The lowest BCUT2D eigenvalue weighted by atomic mass is 10.2. The van der Waals surface area contributed by atoms with Gasteiger partial charge in [-0.05, 0) is 31.2 Å². The van der Waals surface area contributed by atoms with Gasteiger partial charge in [0.25, 0.3) is 11.5 Å². The first-order valence-corrected chi connectivity index (χ1v) is 9.75. The smallest absolute Gasteiger partial charge is 0.279 e. The molecule has 160 valence electrons. The van der Waals surface area contributed by atoms with E-state index in [-0.39, 0.29) is 18.0 Å². The second kappa shape index (κ2) is 9.73. The van der Waals surface area contributed by atoms with E-state index < -0.39 is 0 Å². The van der Waals surface area contributed by atoms with Crippen molar-refractivity contribution in [2.75, 3.05) is 32.6 Å². The van der Waals surface area contributed by atoms with Crippen molar-refractivity contribution in [3.8, 4) is 17.6 Å². The quantitative estimate of drug-likeness (QED) is 0.495. The maximum Gasteiger partial charge on any atom is 0.279 e. The molecular weight excluding hydrogens is 398 g/mol. The third-order valence-corrected chi connectivity index (χ3v) is 4.86. The van der Waals surface area contributed by atoms with Crippen LogP contribution in [0.15, 0.2) is 41.2 Å². The first-order chi connectivity index (χ1) is 15.0. The van der Waals surface area contributed by atoms with Crippen LogP contribution in [0.2, 0.25) is 0 Å². The van der Waals surface area contributed by atoms with Gasteiger partial charge in [-0.25, -0.2) is 4.98 Å². The maximum atomic E-state index is 12.6. The van der Waals surface area contributed by atoms with Crippen molar-refractivity contribution in [2.24, 2.45) is 0 Å². The summed E-state index contributed by atoms with van der Waals surface area (Å²) in [6.07, 6.45) is 0. The van der Waals surface area contributed by atoms with Gasteiger partial charge in [0.15, 0.2) is 23.9 Å². The Hall–Kier alpha value is -3.90. The van der Waals surface area contributed by atoms with Crippen LogP contribution in [-0.4, -0.2) is 43.2 Å². The van der Waals surface area contributed by atoms with Crippen LogP contribution in [0.5, 0.6) is 11.5 Å². The summed E-state index contributed by atoms with van der Waals surface area (Å²) in [5.74, 6) is 1.22. The number of rotatable bonds is 8. The number of likely N-dealkylation sites (N-methyl/N-ethyl adjacent to an activating group) is 1. The summed E-state index contributed by atoms with van der Waals surface area (Å²) in [6.45, 7) is 3.15. The number of carbonyl (C=O) groups is 1. The Bertz CT molecular complexity index is 1200. The fourth-order valence-corrected chi connectivity index (χ4v) is 3.25. The minimum atomic E-state index is -0.283. The second-order valence-electron chi connectivity index (χ2n) is 6.93. The van der Waals surface area contributed by atoms with Gasteiger partial charge in [0.2, 0.25) is 0 Å². The molecule has 0 fully saturated rings. The Morgan fingerprint density at radius 1 is 1.23 bits per heavy atom. The van der Waals surface area contributed by atoms with E-state index in [1.807, 2.05) is 13.0 Å². The van der Waals surface area contributed by atoms with Crippen LogP contribution in [0.1, 0.15) is 18.3 Å². The zero-order valence-electron chi connectivity index (χ0n) is 17.6. The summed E-state index contributed by atoms with van der Waals surface area (Å²) in [5, 5.41) is 12.2. The zero-order valence-corrected chi connectivity index (χ0v) is 17.6. The van der Waals surface area contributed by atoms with Gasteiger partial charge in [-0.2, -0.15) is 5.26 Å². The van der Waals surface area contributed by atoms with Crippen LogP contribution in [0.3, 0.4) is 0 Å². The number of benzene rings is 2. The van der Waals surface area contributed by atoms with Crippen molar-refractivity contribution >= 4 is 22.5 Å². The molecule has 9 heteroatoms. The van der Waals surface area contributed by atoms with E-state index >= 15 is 0 Å².